The molecule has 0 unspecified atom stereocenters. The van der Waals surface area contributed by atoms with E-state index in [9.17, 15) is 9.50 Å². The molecule has 172 valence electrons. The van der Waals surface area contributed by atoms with Crippen molar-refractivity contribution < 1.29 is 9.50 Å². The second-order valence-corrected chi connectivity index (χ2v) is 8.91. The fourth-order valence-corrected chi connectivity index (χ4v) is 4.54. The van der Waals surface area contributed by atoms with E-state index >= 15 is 0 Å². The van der Waals surface area contributed by atoms with Crippen LogP contribution in [0.4, 0.5) is 21.8 Å². The molecule has 0 aromatic carbocycles. The number of nitrogens with one attached hydrogen (secondary N) is 1. The van der Waals surface area contributed by atoms with Crippen LogP contribution in [-0.2, 0) is 0 Å². The number of aliphatic hydroxyl groups is 1. The van der Waals surface area contributed by atoms with Gasteiger partial charge in [0, 0.05) is 36.4 Å². The number of piperidine rings is 1. The van der Waals surface area contributed by atoms with Crippen molar-refractivity contribution >= 4 is 28.4 Å². The highest BCUT2D eigenvalue weighted by atomic mass is 19.1. The molecule has 0 amide bonds. The van der Waals surface area contributed by atoms with E-state index in [1.54, 1.807) is 24.5 Å². The van der Waals surface area contributed by atoms with Crippen LogP contribution >= 0.6 is 0 Å². The van der Waals surface area contributed by atoms with Crippen molar-refractivity contribution in [1.29, 1.82) is 0 Å². The smallest absolute Gasteiger partial charge is 0.214 e. The van der Waals surface area contributed by atoms with Crippen LogP contribution in [-0.4, -0.2) is 49.2 Å². The fourth-order valence-electron chi connectivity index (χ4n) is 4.54. The van der Waals surface area contributed by atoms with Crippen LogP contribution in [0.3, 0.4) is 0 Å². The number of nitrogens with zero attached hydrogens (tertiary/aromatic N) is 6. The molecule has 9 heteroatoms. The van der Waals surface area contributed by atoms with Crippen molar-refractivity contribution in [1.82, 2.24) is 24.9 Å². The minimum absolute atomic E-state index is 0.366. The highest BCUT2D eigenvalue weighted by Gasteiger charge is 2.30. The maximum Gasteiger partial charge on any atom is 0.214 e. The summed E-state index contributed by atoms with van der Waals surface area (Å²) in [5.74, 6) is 2.21. The molecule has 1 aliphatic carbocycles. The summed E-state index contributed by atoms with van der Waals surface area (Å²) >= 11 is 0. The third kappa shape index (κ3) is 4.14. The maximum atomic E-state index is 13.5. The second kappa shape index (κ2) is 8.57. The molecule has 1 saturated heterocycles. The highest BCUT2D eigenvalue weighted by Crippen LogP contribution is 2.45. The predicted molar refractivity (Wildman–Crippen MR) is 127 cm³/mol. The van der Waals surface area contributed by atoms with E-state index in [4.69, 9.17) is 9.97 Å². The third-order valence-corrected chi connectivity index (χ3v) is 6.32. The molecule has 0 bridgehead atoms. The first-order valence-electron chi connectivity index (χ1n) is 11.6. The number of anilines is 3. The molecule has 4 aromatic rings. The van der Waals surface area contributed by atoms with Gasteiger partial charge in [-0.05, 0) is 61.4 Å². The van der Waals surface area contributed by atoms with Crippen molar-refractivity contribution in [2.24, 2.45) is 0 Å². The number of pyridine rings is 3. The molecule has 4 aromatic heterocycles. The van der Waals surface area contributed by atoms with Gasteiger partial charge >= 0.3 is 0 Å². The molecule has 1 atom stereocenters. The lowest BCUT2D eigenvalue weighted by atomic mass is 10.0. The summed E-state index contributed by atoms with van der Waals surface area (Å²) in [5.41, 5.74) is 2.75. The van der Waals surface area contributed by atoms with Gasteiger partial charge in [-0.15, -0.1) is 0 Å². The zero-order chi connectivity index (χ0) is 23.1. The Bertz CT molecular complexity index is 1360. The molecular weight excluding hydrogens is 433 g/mol. The summed E-state index contributed by atoms with van der Waals surface area (Å²) in [4.78, 5) is 24.7. The zero-order valence-electron chi connectivity index (χ0n) is 18.5. The lowest BCUT2D eigenvalue weighted by molar-refractivity contribution is 0.154. The van der Waals surface area contributed by atoms with E-state index in [-0.39, 0.29) is 6.10 Å². The molecule has 5 heterocycles. The number of aromatic nitrogens is 5. The van der Waals surface area contributed by atoms with Gasteiger partial charge in [0.15, 0.2) is 5.82 Å². The largest absolute Gasteiger partial charge is 0.391 e. The van der Waals surface area contributed by atoms with Crippen LogP contribution < -0.4 is 10.2 Å². The molecule has 8 nitrogen and oxygen atoms in total. The Morgan fingerprint density at radius 2 is 1.94 bits per heavy atom. The third-order valence-electron chi connectivity index (χ3n) is 6.32. The maximum absolute atomic E-state index is 13.5. The number of halogens is 1. The normalized spacial score (nSPS) is 18.3. The Labute approximate surface area is 196 Å². The van der Waals surface area contributed by atoms with Crippen molar-refractivity contribution in [3.8, 4) is 11.4 Å². The summed E-state index contributed by atoms with van der Waals surface area (Å²) in [7, 11) is 0. The average Bonchev–Trinajstić information content (AvgIpc) is 3.69. The first-order chi connectivity index (χ1) is 16.6. The van der Waals surface area contributed by atoms with Crippen LogP contribution in [0.25, 0.3) is 22.3 Å². The van der Waals surface area contributed by atoms with Crippen molar-refractivity contribution in [2.45, 2.75) is 37.7 Å². The van der Waals surface area contributed by atoms with E-state index in [2.05, 4.69) is 25.2 Å². The second-order valence-electron chi connectivity index (χ2n) is 8.91. The molecule has 2 fully saturated rings. The quantitative estimate of drug-likeness (QED) is 0.430. The Hall–Kier alpha value is -3.72. The Balaban J connectivity index is 1.44. The van der Waals surface area contributed by atoms with Gasteiger partial charge in [0.1, 0.15) is 17.5 Å². The Kier molecular flexibility index (Phi) is 5.26. The standard InChI is InChI=1S/C25H24FN7O/c26-20-4-1-5-21(30-20)31-22-11-16(8-9-28-22)24-29-19-13-27-12-18(15-6-7-15)23(19)25(32-24)33-10-2-3-17(34)14-33/h1,4-5,8-9,11-13,15,17,34H,2-3,6-7,10,14H2,(H,28,30,31)/t17-/m1/s1. The molecule has 0 radical (unpaired) electrons. The first-order valence-corrected chi connectivity index (χ1v) is 11.6. The zero-order valence-corrected chi connectivity index (χ0v) is 18.5. The SMILES string of the molecule is O[C@@H]1CCCN(c2nc(-c3ccnc(Nc4cccc(F)n4)c3)nc3cncc(C4CC4)c23)C1. The molecule has 1 saturated carbocycles. The van der Waals surface area contributed by atoms with Gasteiger partial charge in [0.25, 0.3) is 0 Å². The summed E-state index contributed by atoms with van der Waals surface area (Å²) in [6, 6.07) is 8.22. The number of rotatable bonds is 5. The van der Waals surface area contributed by atoms with Gasteiger partial charge in [-0.3, -0.25) is 4.98 Å². The molecule has 6 rings (SSSR count). The molecule has 0 spiro atoms. The number of hydrogen-bond acceptors (Lipinski definition) is 8. The topological polar surface area (TPSA) is 100.0 Å². The molecule has 1 aliphatic heterocycles. The number of β-amino-alcohol motifs (C(OH)–C–C–N with tert-alkyl or cyclic N) is 1. The van der Waals surface area contributed by atoms with Crippen molar-refractivity contribution in [2.75, 3.05) is 23.3 Å². The van der Waals surface area contributed by atoms with E-state index in [0.29, 0.717) is 29.9 Å². The Morgan fingerprint density at radius 3 is 2.76 bits per heavy atom. The molecular formula is C25H24FN7O. The van der Waals surface area contributed by atoms with E-state index in [0.717, 1.165) is 54.5 Å². The van der Waals surface area contributed by atoms with Gasteiger partial charge in [-0.1, -0.05) is 6.07 Å². The summed E-state index contributed by atoms with van der Waals surface area (Å²) in [5, 5.41) is 14.4. The highest BCUT2D eigenvalue weighted by molar-refractivity contribution is 5.94. The van der Waals surface area contributed by atoms with Gasteiger partial charge in [0.2, 0.25) is 5.95 Å². The van der Waals surface area contributed by atoms with Crippen LogP contribution in [0.5, 0.6) is 0 Å². The number of aliphatic hydroxyl groups excluding tert-OH is 1. The lowest BCUT2D eigenvalue weighted by Gasteiger charge is -2.32. The first kappa shape index (κ1) is 20.9. The summed E-state index contributed by atoms with van der Waals surface area (Å²) in [6.45, 7) is 1.38. The van der Waals surface area contributed by atoms with Gasteiger partial charge < -0.3 is 15.3 Å². The molecule has 2 N–H and O–H groups in total. The predicted octanol–water partition coefficient (Wildman–Crippen LogP) is 4.20. The Morgan fingerprint density at radius 1 is 1.03 bits per heavy atom. The number of fused-ring (bicyclic) bond motifs is 1. The number of hydrogen-bond donors (Lipinski definition) is 2. The van der Waals surface area contributed by atoms with Crippen LogP contribution in [0.1, 0.15) is 37.2 Å². The molecule has 2 aliphatic rings. The summed E-state index contributed by atoms with van der Waals surface area (Å²) in [6.07, 6.45) is 9.03. The van der Waals surface area contributed by atoms with E-state index < -0.39 is 5.95 Å². The minimum atomic E-state index is -0.564. The van der Waals surface area contributed by atoms with Crippen molar-refractivity contribution in [3.05, 3.63) is 60.4 Å². The van der Waals surface area contributed by atoms with E-state index in [1.807, 2.05) is 18.3 Å². The van der Waals surface area contributed by atoms with E-state index in [1.165, 1.54) is 11.6 Å². The summed E-state index contributed by atoms with van der Waals surface area (Å²) < 4.78 is 13.5. The lowest BCUT2D eigenvalue weighted by Crippen LogP contribution is -2.39. The van der Waals surface area contributed by atoms with Crippen LogP contribution in [0, 0.1) is 5.95 Å². The van der Waals surface area contributed by atoms with Crippen molar-refractivity contribution in [3.63, 3.8) is 0 Å². The fraction of sp³-hybridized carbons (Fsp3) is 0.320. The monoisotopic (exact) mass is 457 g/mol. The van der Waals surface area contributed by atoms with Gasteiger partial charge in [-0.2, -0.15) is 4.39 Å². The van der Waals surface area contributed by atoms with Crippen LogP contribution in [0.2, 0.25) is 0 Å². The molecule has 34 heavy (non-hydrogen) atoms. The average molecular weight is 458 g/mol. The van der Waals surface area contributed by atoms with Gasteiger partial charge in [-0.25, -0.2) is 19.9 Å². The minimum Gasteiger partial charge on any atom is -0.391 e. The van der Waals surface area contributed by atoms with Crippen LogP contribution in [0.15, 0.2) is 48.9 Å². The van der Waals surface area contributed by atoms with Gasteiger partial charge in [0.05, 0.1) is 17.8 Å².